The van der Waals surface area contributed by atoms with Crippen molar-refractivity contribution in [3.05, 3.63) is 60.1 Å². The Kier molecular flexibility index (Phi) is 4.03. The predicted molar refractivity (Wildman–Crippen MR) is 79.0 cm³/mol. The van der Waals surface area contributed by atoms with Crippen molar-refractivity contribution in [2.75, 3.05) is 13.6 Å². The number of benzene rings is 1. The van der Waals surface area contributed by atoms with Crippen LogP contribution in [0.2, 0.25) is 0 Å². The maximum Gasteiger partial charge on any atom is 0.229 e. The zero-order valence-corrected chi connectivity index (χ0v) is 12.0. The fourth-order valence-electron chi connectivity index (χ4n) is 2.70. The molecule has 5 nitrogen and oxygen atoms in total. The molecule has 1 fully saturated rings. The molecule has 1 amide bonds. The van der Waals surface area contributed by atoms with E-state index in [9.17, 15) is 4.79 Å². The molecule has 1 aromatic heterocycles. The number of hydrogen-bond donors (Lipinski definition) is 2. The number of carbonyl (C=O) groups is 1. The Morgan fingerprint density at radius 3 is 2.81 bits per heavy atom. The molecule has 0 bridgehead atoms. The molecule has 0 saturated carbocycles. The molecule has 0 radical (unpaired) electrons. The van der Waals surface area contributed by atoms with Crippen LogP contribution in [0.1, 0.15) is 17.4 Å². The lowest BCUT2D eigenvalue weighted by atomic mass is 9.94. The minimum absolute atomic E-state index is 0.00208. The normalized spacial score (nSPS) is 21.4. The topological polar surface area (TPSA) is 57.5 Å². The second-order valence-corrected chi connectivity index (χ2v) is 5.29. The highest BCUT2D eigenvalue weighted by atomic mass is 16.3. The molecule has 1 saturated heterocycles. The summed E-state index contributed by atoms with van der Waals surface area (Å²) in [5.74, 6) is 0.783. The summed E-state index contributed by atoms with van der Waals surface area (Å²) in [5, 5.41) is 0. The number of nitrogens with zero attached hydrogens (tertiary/aromatic N) is 1. The standard InChI is InChI=1S/C16H19N3O2/c1-19(11-13-8-5-9-21-13)16(20)14-10-17-18-15(14)12-6-3-2-4-7-12/h2-9,14-15,17-18H,10-11H2,1H3. The second kappa shape index (κ2) is 6.11. The van der Waals surface area contributed by atoms with Crippen LogP contribution in [0.4, 0.5) is 0 Å². The average molecular weight is 285 g/mol. The van der Waals surface area contributed by atoms with Crippen LogP contribution < -0.4 is 10.9 Å². The molecule has 5 heteroatoms. The molecular formula is C16H19N3O2. The Morgan fingerprint density at radius 1 is 1.29 bits per heavy atom. The van der Waals surface area contributed by atoms with Crippen molar-refractivity contribution in [3.63, 3.8) is 0 Å². The van der Waals surface area contributed by atoms with E-state index in [1.54, 1.807) is 11.2 Å². The molecule has 0 spiro atoms. The lowest BCUT2D eigenvalue weighted by molar-refractivity contribution is -0.134. The number of furan rings is 1. The third kappa shape index (κ3) is 2.99. The van der Waals surface area contributed by atoms with Gasteiger partial charge in [0, 0.05) is 13.6 Å². The van der Waals surface area contributed by atoms with Gasteiger partial charge in [0.2, 0.25) is 5.91 Å². The van der Waals surface area contributed by atoms with Crippen LogP contribution in [0.5, 0.6) is 0 Å². The molecule has 2 aromatic rings. The number of hydrogen-bond acceptors (Lipinski definition) is 4. The van der Waals surface area contributed by atoms with Crippen molar-refractivity contribution in [1.29, 1.82) is 0 Å². The highest BCUT2D eigenvalue weighted by Gasteiger charge is 2.35. The fourth-order valence-corrected chi connectivity index (χ4v) is 2.70. The average Bonchev–Trinajstić information content (AvgIpc) is 3.18. The van der Waals surface area contributed by atoms with E-state index in [2.05, 4.69) is 10.9 Å². The van der Waals surface area contributed by atoms with E-state index in [-0.39, 0.29) is 17.9 Å². The lowest BCUT2D eigenvalue weighted by Gasteiger charge is -2.23. The van der Waals surface area contributed by atoms with Gasteiger partial charge in [-0.15, -0.1) is 0 Å². The van der Waals surface area contributed by atoms with Gasteiger partial charge in [-0.3, -0.25) is 10.2 Å². The maximum atomic E-state index is 12.7. The predicted octanol–water partition coefficient (Wildman–Crippen LogP) is 1.70. The zero-order chi connectivity index (χ0) is 14.7. The first kappa shape index (κ1) is 13.9. The lowest BCUT2D eigenvalue weighted by Crippen LogP contribution is -2.36. The molecule has 2 atom stereocenters. The van der Waals surface area contributed by atoms with Gasteiger partial charge < -0.3 is 9.32 Å². The summed E-state index contributed by atoms with van der Waals surface area (Å²) in [5.41, 5.74) is 7.41. The number of nitrogens with one attached hydrogen (secondary N) is 2. The number of rotatable bonds is 4. The molecule has 21 heavy (non-hydrogen) atoms. The van der Waals surface area contributed by atoms with Crippen molar-refractivity contribution in [3.8, 4) is 0 Å². The van der Waals surface area contributed by atoms with Gasteiger partial charge in [0.15, 0.2) is 0 Å². The molecule has 0 aliphatic carbocycles. The molecule has 2 unspecified atom stereocenters. The molecule has 1 aliphatic rings. The van der Waals surface area contributed by atoms with E-state index in [0.717, 1.165) is 11.3 Å². The van der Waals surface area contributed by atoms with Gasteiger partial charge in [0.1, 0.15) is 5.76 Å². The smallest absolute Gasteiger partial charge is 0.229 e. The van der Waals surface area contributed by atoms with Gasteiger partial charge in [-0.05, 0) is 17.7 Å². The number of amides is 1. The molecule has 2 heterocycles. The quantitative estimate of drug-likeness (QED) is 0.898. The number of hydrazine groups is 1. The summed E-state index contributed by atoms with van der Waals surface area (Å²) >= 11 is 0. The van der Waals surface area contributed by atoms with Crippen LogP contribution in [0.3, 0.4) is 0 Å². The largest absolute Gasteiger partial charge is 0.467 e. The summed E-state index contributed by atoms with van der Waals surface area (Å²) < 4.78 is 5.30. The van der Waals surface area contributed by atoms with Crippen molar-refractivity contribution in [2.45, 2.75) is 12.6 Å². The fraction of sp³-hybridized carbons (Fsp3) is 0.312. The van der Waals surface area contributed by atoms with Crippen molar-refractivity contribution < 1.29 is 9.21 Å². The first-order valence-electron chi connectivity index (χ1n) is 7.06. The van der Waals surface area contributed by atoms with Crippen molar-refractivity contribution in [2.24, 2.45) is 5.92 Å². The Bertz CT molecular complexity index is 583. The van der Waals surface area contributed by atoms with Crippen LogP contribution in [0.25, 0.3) is 0 Å². The minimum Gasteiger partial charge on any atom is -0.467 e. The summed E-state index contributed by atoms with van der Waals surface area (Å²) in [4.78, 5) is 14.4. The van der Waals surface area contributed by atoms with E-state index in [0.29, 0.717) is 13.1 Å². The van der Waals surface area contributed by atoms with Crippen molar-refractivity contribution >= 4 is 5.91 Å². The molecule has 1 aliphatic heterocycles. The molecule has 110 valence electrons. The monoisotopic (exact) mass is 285 g/mol. The summed E-state index contributed by atoms with van der Waals surface area (Å²) in [6, 6.07) is 13.7. The van der Waals surface area contributed by atoms with Crippen LogP contribution >= 0.6 is 0 Å². The third-order valence-electron chi connectivity index (χ3n) is 3.81. The first-order valence-corrected chi connectivity index (χ1v) is 7.06. The van der Waals surface area contributed by atoms with Gasteiger partial charge >= 0.3 is 0 Å². The maximum absolute atomic E-state index is 12.7. The molecular weight excluding hydrogens is 266 g/mol. The van der Waals surface area contributed by atoms with E-state index in [1.165, 1.54) is 0 Å². The third-order valence-corrected chi connectivity index (χ3v) is 3.81. The van der Waals surface area contributed by atoms with Crippen molar-refractivity contribution in [1.82, 2.24) is 15.8 Å². The van der Waals surface area contributed by atoms with E-state index < -0.39 is 0 Å². The highest BCUT2D eigenvalue weighted by Crippen LogP contribution is 2.26. The van der Waals surface area contributed by atoms with Gasteiger partial charge in [-0.1, -0.05) is 30.3 Å². The molecule has 1 aromatic carbocycles. The van der Waals surface area contributed by atoms with Crippen LogP contribution in [0, 0.1) is 5.92 Å². The molecule has 2 N–H and O–H groups in total. The van der Waals surface area contributed by atoms with Crippen LogP contribution in [-0.4, -0.2) is 24.4 Å². The number of carbonyl (C=O) groups excluding carboxylic acids is 1. The van der Waals surface area contributed by atoms with Gasteiger partial charge in [-0.25, -0.2) is 5.43 Å². The summed E-state index contributed by atoms with van der Waals surface area (Å²) in [7, 11) is 1.81. The van der Waals surface area contributed by atoms with Gasteiger partial charge in [0.05, 0.1) is 24.8 Å². The Hall–Kier alpha value is -2.11. The van der Waals surface area contributed by atoms with Crippen LogP contribution in [0.15, 0.2) is 53.1 Å². The highest BCUT2D eigenvalue weighted by molar-refractivity contribution is 5.80. The SMILES string of the molecule is CN(Cc1ccco1)C(=O)C1CNNC1c1ccccc1. The van der Waals surface area contributed by atoms with Crippen LogP contribution in [-0.2, 0) is 11.3 Å². The van der Waals surface area contributed by atoms with Gasteiger partial charge in [0.25, 0.3) is 0 Å². The zero-order valence-electron chi connectivity index (χ0n) is 12.0. The Labute approximate surface area is 123 Å². The van der Waals surface area contributed by atoms with E-state index in [4.69, 9.17) is 4.42 Å². The molecule has 3 rings (SSSR count). The first-order chi connectivity index (χ1) is 10.3. The van der Waals surface area contributed by atoms with E-state index in [1.807, 2.05) is 49.5 Å². The summed E-state index contributed by atoms with van der Waals surface area (Å²) in [6.07, 6.45) is 1.62. The van der Waals surface area contributed by atoms with E-state index >= 15 is 0 Å². The Balaban J connectivity index is 1.71. The second-order valence-electron chi connectivity index (χ2n) is 5.29. The summed E-state index contributed by atoms with van der Waals surface area (Å²) in [6.45, 7) is 1.12. The Morgan fingerprint density at radius 2 is 2.10 bits per heavy atom. The minimum atomic E-state index is -0.118. The van der Waals surface area contributed by atoms with Gasteiger partial charge in [-0.2, -0.15) is 0 Å².